The molecule has 0 spiro atoms. The van der Waals surface area contributed by atoms with Crippen molar-refractivity contribution in [3.8, 4) is 0 Å². The van der Waals surface area contributed by atoms with Crippen molar-refractivity contribution in [2.45, 2.75) is 5.02 Å². The molecule has 0 aromatic carbocycles. The number of aliphatic imine (C=N–C) groups is 1. The highest BCUT2D eigenvalue weighted by atomic mass is 31.2. The summed E-state index contributed by atoms with van der Waals surface area (Å²) in [5.74, 6) is 0. The molecule has 1 heterocycles. The van der Waals surface area contributed by atoms with Crippen LogP contribution in [0, 0.1) is 0 Å². The van der Waals surface area contributed by atoms with Crippen molar-refractivity contribution in [1.29, 1.82) is 0 Å². The second-order valence-electron chi connectivity index (χ2n) is 2.80. The summed E-state index contributed by atoms with van der Waals surface area (Å²) in [6.07, 6.45) is 5.46. The molecule has 0 atom stereocenters. The van der Waals surface area contributed by atoms with Gasteiger partial charge in [0.1, 0.15) is 0 Å². The number of hydrogen-bond acceptors (Lipinski definition) is 3. The zero-order chi connectivity index (χ0) is 11.7. The molecule has 9 heteroatoms. The van der Waals surface area contributed by atoms with Crippen LogP contribution in [0.25, 0.3) is 0 Å². The maximum absolute atomic E-state index is 11.1. The van der Waals surface area contributed by atoms with Crippen LogP contribution in [0.5, 0.6) is 0 Å². The summed E-state index contributed by atoms with van der Waals surface area (Å²) in [5.41, 5.74) is 0. The summed E-state index contributed by atoms with van der Waals surface area (Å²) >= 11 is 0. The maximum atomic E-state index is 11.1. The predicted molar refractivity (Wildman–Crippen MR) is 53.6 cm³/mol. The van der Waals surface area contributed by atoms with Gasteiger partial charge in [0.25, 0.3) is 5.02 Å². The molecule has 0 aromatic rings. The molecule has 0 fully saturated rings. The van der Waals surface area contributed by atoms with E-state index < -0.39 is 20.2 Å². The van der Waals surface area contributed by atoms with E-state index in [1.54, 1.807) is 0 Å². The van der Waals surface area contributed by atoms with E-state index in [1.165, 1.54) is 12.2 Å². The molecule has 0 aliphatic carbocycles. The van der Waals surface area contributed by atoms with Crippen LogP contribution in [-0.4, -0.2) is 30.8 Å². The van der Waals surface area contributed by atoms with Gasteiger partial charge < -0.3 is 19.6 Å². The van der Waals surface area contributed by atoms with Crippen molar-refractivity contribution < 1.29 is 28.7 Å². The highest BCUT2D eigenvalue weighted by Crippen LogP contribution is 2.70. The van der Waals surface area contributed by atoms with Crippen molar-refractivity contribution in [2.75, 3.05) is 0 Å². The fraction of sp³-hybridized carbons (Fsp3) is 0.167. The van der Waals surface area contributed by atoms with Gasteiger partial charge in [0.15, 0.2) is 0 Å². The SMILES string of the molecule is O=P(O)(O)C1(P(=O)(O)O)C=CC=CC=N1. The number of nitrogens with zero attached hydrogens (tertiary/aromatic N) is 1. The third kappa shape index (κ3) is 2.18. The summed E-state index contributed by atoms with van der Waals surface area (Å²) < 4.78 is 22.2. The first-order valence-electron chi connectivity index (χ1n) is 3.72. The van der Waals surface area contributed by atoms with Gasteiger partial charge in [0.05, 0.1) is 0 Å². The van der Waals surface area contributed by atoms with Gasteiger partial charge >= 0.3 is 15.2 Å². The largest absolute Gasteiger partial charge is 0.369 e. The van der Waals surface area contributed by atoms with Gasteiger partial charge in [-0.25, -0.2) is 0 Å². The smallest absolute Gasteiger partial charge is 0.322 e. The second kappa shape index (κ2) is 3.79. The average Bonchev–Trinajstić information content (AvgIpc) is 2.25. The summed E-state index contributed by atoms with van der Waals surface area (Å²) in [4.78, 5) is 39.2. The lowest BCUT2D eigenvalue weighted by atomic mass is 10.4. The van der Waals surface area contributed by atoms with E-state index in [0.717, 1.165) is 12.3 Å². The predicted octanol–water partition coefficient (Wildman–Crippen LogP) is 0.192. The lowest BCUT2D eigenvalue weighted by molar-refractivity contribution is 0.324. The van der Waals surface area contributed by atoms with Crippen LogP contribution in [0.4, 0.5) is 0 Å². The van der Waals surface area contributed by atoms with Gasteiger partial charge in [-0.15, -0.1) is 0 Å². The van der Waals surface area contributed by atoms with Crippen molar-refractivity contribution in [3.05, 3.63) is 24.3 Å². The monoisotopic (exact) mass is 253 g/mol. The third-order valence-electron chi connectivity index (χ3n) is 1.75. The molecule has 0 unspecified atom stereocenters. The zero-order valence-corrected chi connectivity index (χ0v) is 9.12. The van der Waals surface area contributed by atoms with E-state index in [0.29, 0.717) is 6.08 Å². The summed E-state index contributed by atoms with van der Waals surface area (Å²) in [7, 11) is -10.2. The lowest BCUT2D eigenvalue weighted by Gasteiger charge is -2.27. The molecule has 1 rings (SSSR count). The number of allylic oxidation sites excluding steroid dienone is 3. The zero-order valence-electron chi connectivity index (χ0n) is 7.33. The Hall–Kier alpha value is -0.550. The second-order valence-corrected chi connectivity index (χ2v) is 6.69. The van der Waals surface area contributed by atoms with E-state index in [9.17, 15) is 9.13 Å². The molecule has 84 valence electrons. The fourth-order valence-electron chi connectivity index (χ4n) is 1.01. The fourth-order valence-corrected chi connectivity index (χ4v) is 3.36. The molecule has 0 aromatic heterocycles. The van der Waals surface area contributed by atoms with Crippen LogP contribution in [0.3, 0.4) is 0 Å². The first kappa shape index (κ1) is 12.5. The molecular weight excluding hydrogens is 244 g/mol. The highest BCUT2D eigenvalue weighted by Gasteiger charge is 2.58. The molecular formula is C6H9NO6P2. The summed E-state index contributed by atoms with van der Waals surface area (Å²) in [5, 5.41) is -2.80. The van der Waals surface area contributed by atoms with Crippen molar-refractivity contribution in [1.82, 2.24) is 0 Å². The molecule has 0 saturated heterocycles. The van der Waals surface area contributed by atoms with E-state index in [-0.39, 0.29) is 0 Å². The van der Waals surface area contributed by atoms with Crippen LogP contribution in [0.15, 0.2) is 29.3 Å². The Balaban J connectivity index is 3.46. The quantitative estimate of drug-likeness (QED) is 0.520. The van der Waals surface area contributed by atoms with Gasteiger partial charge in [-0.05, 0) is 12.2 Å². The van der Waals surface area contributed by atoms with Crippen molar-refractivity contribution >= 4 is 21.4 Å². The van der Waals surface area contributed by atoms with Crippen LogP contribution < -0.4 is 0 Å². The van der Waals surface area contributed by atoms with Gasteiger partial charge in [0, 0.05) is 6.21 Å². The van der Waals surface area contributed by atoms with Crippen molar-refractivity contribution in [3.63, 3.8) is 0 Å². The Morgan fingerprint density at radius 2 is 1.47 bits per heavy atom. The minimum atomic E-state index is -5.11. The molecule has 7 nitrogen and oxygen atoms in total. The highest BCUT2D eigenvalue weighted by molar-refractivity contribution is 7.72. The minimum absolute atomic E-state index is 0.717. The normalized spacial score (nSPS) is 20.3. The Bertz CT molecular complexity index is 387. The molecule has 0 amide bonds. The molecule has 0 bridgehead atoms. The van der Waals surface area contributed by atoms with Crippen LogP contribution in [0.2, 0.25) is 0 Å². The average molecular weight is 253 g/mol. The number of hydrogen-bond donors (Lipinski definition) is 4. The molecule has 4 N–H and O–H groups in total. The van der Waals surface area contributed by atoms with Crippen LogP contribution in [0.1, 0.15) is 0 Å². The standard InChI is InChI=1S/C6H9NO6P2/c8-14(9,10)6(15(11,12)13)4-2-1-3-5-7-6/h1-5H,(H2,8,9,10)(H2,11,12,13). The van der Waals surface area contributed by atoms with Gasteiger partial charge in [-0.2, -0.15) is 0 Å². The molecule has 15 heavy (non-hydrogen) atoms. The molecule has 1 aliphatic heterocycles. The first-order chi connectivity index (χ1) is 6.71. The Morgan fingerprint density at radius 1 is 0.933 bits per heavy atom. The van der Waals surface area contributed by atoms with Gasteiger partial charge in [-0.1, -0.05) is 12.2 Å². The maximum Gasteiger partial charge on any atom is 0.369 e. The lowest BCUT2D eigenvalue weighted by Crippen LogP contribution is -2.23. The summed E-state index contributed by atoms with van der Waals surface area (Å²) in [6, 6.07) is 0. The third-order valence-corrected chi connectivity index (χ3v) is 5.56. The molecule has 1 aliphatic rings. The van der Waals surface area contributed by atoms with Crippen LogP contribution in [-0.2, 0) is 9.13 Å². The van der Waals surface area contributed by atoms with Gasteiger partial charge in [-0.3, -0.25) is 14.1 Å². The topological polar surface area (TPSA) is 127 Å². The Labute approximate surface area is 85.2 Å². The Morgan fingerprint density at radius 3 is 1.93 bits per heavy atom. The number of rotatable bonds is 2. The molecule has 0 radical (unpaired) electrons. The molecule has 0 saturated carbocycles. The van der Waals surface area contributed by atoms with Crippen molar-refractivity contribution in [2.24, 2.45) is 4.99 Å². The van der Waals surface area contributed by atoms with E-state index >= 15 is 0 Å². The summed E-state index contributed by atoms with van der Waals surface area (Å²) in [6.45, 7) is 0. The van der Waals surface area contributed by atoms with E-state index in [4.69, 9.17) is 19.6 Å². The Kier molecular flexibility index (Phi) is 3.16. The first-order valence-corrected chi connectivity index (χ1v) is 6.94. The van der Waals surface area contributed by atoms with Crippen LogP contribution >= 0.6 is 15.2 Å². The minimum Gasteiger partial charge on any atom is -0.322 e. The van der Waals surface area contributed by atoms with Gasteiger partial charge in [0.2, 0.25) is 0 Å². The van der Waals surface area contributed by atoms with E-state index in [2.05, 4.69) is 4.99 Å². The van der Waals surface area contributed by atoms with E-state index in [1.807, 2.05) is 0 Å².